The Morgan fingerprint density at radius 1 is 1.14 bits per heavy atom. The summed E-state index contributed by atoms with van der Waals surface area (Å²) in [6, 6.07) is 11.0. The average molecular weight is 186 g/mol. The standard InChI is InChI=1S/C14H18/c1-2-6-12(7-3-1)10-14-9-5-4-8-13(14)11-14/h1-3,6-7,13H,4-5,8-11H2/t13-,14-/m0/s1. The molecule has 0 aromatic heterocycles. The van der Waals surface area contributed by atoms with E-state index in [0.29, 0.717) is 0 Å². The van der Waals surface area contributed by atoms with Gasteiger partial charge in [0.25, 0.3) is 0 Å². The van der Waals surface area contributed by atoms with Crippen molar-refractivity contribution in [1.82, 2.24) is 0 Å². The van der Waals surface area contributed by atoms with E-state index in [1.165, 1.54) is 38.5 Å². The molecule has 2 atom stereocenters. The molecular formula is C14H18. The lowest BCUT2D eigenvalue weighted by Gasteiger charge is -2.21. The molecule has 0 N–H and O–H groups in total. The van der Waals surface area contributed by atoms with Crippen LogP contribution in [0, 0.1) is 11.3 Å². The highest BCUT2D eigenvalue weighted by Gasteiger charge is 2.53. The molecule has 0 nitrogen and oxygen atoms in total. The van der Waals surface area contributed by atoms with Crippen LogP contribution in [0.5, 0.6) is 0 Å². The van der Waals surface area contributed by atoms with Crippen LogP contribution in [-0.4, -0.2) is 0 Å². The molecule has 0 aliphatic heterocycles. The van der Waals surface area contributed by atoms with E-state index in [-0.39, 0.29) is 0 Å². The van der Waals surface area contributed by atoms with Crippen molar-refractivity contribution in [3.8, 4) is 0 Å². The minimum Gasteiger partial charge on any atom is -0.0622 e. The first-order chi connectivity index (χ1) is 6.89. The van der Waals surface area contributed by atoms with E-state index in [9.17, 15) is 0 Å². The highest BCUT2D eigenvalue weighted by molar-refractivity contribution is 5.20. The second kappa shape index (κ2) is 3.12. The molecular weight excluding hydrogens is 168 g/mol. The molecule has 0 spiro atoms. The predicted octanol–water partition coefficient (Wildman–Crippen LogP) is 3.81. The third-order valence-electron chi connectivity index (χ3n) is 4.24. The maximum Gasteiger partial charge on any atom is -0.0219 e. The lowest BCUT2D eigenvalue weighted by molar-refractivity contribution is 0.335. The van der Waals surface area contributed by atoms with Crippen molar-refractivity contribution in [3.05, 3.63) is 35.9 Å². The van der Waals surface area contributed by atoms with E-state index >= 15 is 0 Å². The maximum absolute atomic E-state index is 2.29. The third kappa shape index (κ3) is 1.37. The van der Waals surface area contributed by atoms with Gasteiger partial charge in [-0.05, 0) is 42.6 Å². The van der Waals surface area contributed by atoms with Gasteiger partial charge in [0.05, 0.1) is 0 Å². The van der Waals surface area contributed by atoms with Gasteiger partial charge in [-0.25, -0.2) is 0 Å². The molecule has 14 heavy (non-hydrogen) atoms. The van der Waals surface area contributed by atoms with Crippen molar-refractivity contribution >= 4 is 0 Å². The van der Waals surface area contributed by atoms with Crippen molar-refractivity contribution in [3.63, 3.8) is 0 Å². The molecule has 0 saturated heterocycles. The van der Waals surface area contributed by atoms with Crippen LogP contribution in [0.25, 0.3) is 0 Å². The van der Waals surface area contributed by atoms with Gasteiger partial charge in [-0.15, -0.1) is 0 Å². The largest absolute Gasteiger partial charge is 0.0622 e. The molecule has 1 aromatic carbocycles. The zero-order chi connectivity index (χ0) is 9.43. The molecule has 2 fully saturated rings. The van der Waals surface area contributed by atoms with E-state index in [1.54, 1.807) is 5.56 Å². The fourth-order valence-electron chi connectivity index (χ4n) is 3.32. The van der Waals surface area contributed by atoms with E-state index in [2.05, 4.69) is 30.3 Å². The summed E-state index contributed by atoms with van der Waals surface area (Å²) in [6.07, 6.45) is 8.82. The Labute approximate surface area is 86.3 Å². The van der Waals surface area contributed by atoms with Crippen LogP contribution in [0.4, 0.5) is 0 Å². The molecule has 0 heterocycles. The number of hydrogen-bond acceptors (Lipinski definition) is 0. The van der Waals surface area contributed by atoms with E-state index in [0.717, 1.165) is 11.3 Å². The topological polar surface area (TPSA) is 0 Å². The molecule has 0 heteroatoms. The Hall–Kier alpha value is -0.780. The Morgan fingerprint density at radius 2 is 2.00 bits per heavy atom. The summed E-state index contributed by atoms with van der Waals surface area (Å²) < 4.78 is 0. The van der Waals surface area contributed by atoms with Gasteiger partial charge in [-0.2, -0.15) is 0 Å². The predicted molar refractivity (Wildman–Crippen MR) is 59.2 cm³/mol. The van der Waals surface area contributed by atoms with Crippen LogP contribution >= 0.6 is 0 Å². The van der Waals surface area contributed by atoms with Crippen LogP contribution in [-0.2, 0) is 6.42 Å². The SMILES string of the molecule is c1ccc(C[C@]23CCCC[C@H]2C3)cc1. The first-order valence-electron chi connectivity index (χ1n) is 5.93. The normalized spacial score (nSPS) is 35.0. The van der Waals surface area contributed by atoms with Crippen molar-refractivity contribution in [2.45, 2.75) is 38.5 Å². The lowest BCUT2D eigenvalue weighted by Crippen LogP contribution is -2.12. The van der Waals surface area contributed by atoms with E-state index in [4.69, 9.17) is 0 Å². The quantitative estimate of drug-likeness (QED) is 0.659. The Morgan fingerprint density at radius 3 is 2.79 bits per heavy atom. The number of rotatable bonds is 2. The molecule has 2 aliphatic rings. The smallest absolute Gasteiger partial charge is 0.0219 e. The Bertz CT molecular complexity index is 314. The average Bonchev–Trinajstić information content (AvgIpc) is 2.93. The summed E-state index contributed by atoms with van der Waals surface area (Å²) in [7, 11) is 0. The summed E-state index contributed by atoms with van der Waals surface area (Å²) in [4.78, 5) is 0. The van der Waals surface area contributed by atoms with Crippen LogP contribution in [0.2, 0.25) is 0 Å². The zero-order valence-corrected chi connectivity index (χ0v) is 8.71. The molecule has 0 amide bonds. The fraction of sp³-hybridized carbons (Fsp3) is 0.571. The Kier molecular flexibility index (Phi) is 1.90. The minimum absolute atomic E-state index is 0.750. The zero-order valence-electron chi connectivity index (χ0n) is 8.71. The molecule has 74 valence electrons. The highest BCUT2D eigenvalue weighted by atomic mass is 14.6. The summed E-state index contributed by atoms with van der Waals surface area (Å²) >= 11 is 0. The molecule has 2 aliphatic carbocycles. The molecule has 0 bridgehead atoms. The minimum atomic E-state index is 0.750. The van der Waals surface area contributed by atoms with Gasteiger partial charge in [0.2, 0.25) is 0 Å². The van der Waals surface area contributed by atoms with Gasteiger partial charge in [0.1, 0.15) is 0 Å². The third-order valence-corrected chi connectivity index (χ3v) is 4.24. The summed E-state index contributed by atoms with van der Waals surface area (Å²) in [5, 5.41) is 0. The fourth-order valence-corrected chi connectivity index (χ4v) is 3.32. The summed E-state index contributed by atoms with van der Waals surface area (Å²) in [5.74, 6) is 1.08. The van der Waals surface area contributed by atoms with Crippen molar-refractivity contribution in [2.24, 2.45) is 11.3 Å². The van der Waals surface area contributed by atoms with Crippen molar-refractivity contribution in [2.75, 3.05) is 0 Å². The van der Waals surface area contributed by atoms with E-state index in [1.807, 2.05) is 0 Å². The Balaban J connectivity index is 1.74. The molecule has 2 saturated carbocycles. The maximum atomic E-state index is 2.29. The summed E-state index contributed by atoms with van der Waals surface area (Å²) in [5.41, 5.74) is 2.30. The molecule has 0 unspecified atom stereocenters. The molecule has 3 rings (SSSR count). The van der Waals surface area contributed by atoms with Crippen LogP contribution < -0.4 is 0 Å². The molecule has 1 aromatic rings. The van der Waals surface area contributed by atoms with Crippen LogP contribution in [0.3, 0.4) is 0 Å². The van der Waals surface area contributed by atoms with Gasteiger partial charge in [-0.1, -0.05) is 43.2 Å². The van der Waals surface area contributed by atoms with E-state index < -0.39 is 0 Å². The number of benzene rings is 1. The summed E-state index contributed by atoms with van der Waals surface area (Å²) in [6.45, 7) is 0. The van der Waals surface area contributed by atoms with Crippen LogP contribution in [0.15, 0.2) is 30.3 Å². The number of hydrogen-bond donors (Lipinski definition) is 0. The van der Waals surface area contributed by atoms with Crippen molar-refractivity contribution < 1.29 is 0 Å². The molecule has 0 radical (unpaired) electrons. The van der Waals surface area contributed by atoms with Gasteiger partial charge < -0.3 is 0 Å². The monoisotopic (exact) mass is 186 g/mol. The second-order valence-corrected chi connectivity index (χ2v) is 5.17. The second-order valence-electron chi connectivity index (χ2n) is 5.17. The highest BCUT2D eigenvalue weighted by Crippen LogP contribution is 2.62. The van der Waals surface area contributed by atoms with Gasteiger partial charge >= 0.3 is 0 Å². The van der Waals surface area contributed by atoms with Crippen molar-refractivity contribution in [1.29, 1.82) is 0 Å². The van der Waals surface area contributed by atoms with Gasteiger partial charge in [-0.3, -0.25) is 0 Å². The first-order valence-corrected chi connectivity index (χ1v) is 5.93. The lowest BCUT2D eigenvalue weighted by atomic mass is 9.84. The number of fused-ring (bicyclic) bond motifs is 1. The van der Waals surface area contributed by atoms with Gasteiger partial charge in [0, 0.05) is 0 Å². The van der Waals surface area contributed by atoms with Crippen LogP contribution in [0.1, 0.15) is 37.7 Å². The van der Waals surface area contributed by atoms with Gasteiger partial charge in [0.15, 0.2) is 0 Å². The first kappa shape index (κ1) is 8.52.